The second-order valence-electron chi connectivity index (χ2n) is 11.3. The maximum Gasteiger partial charge on any atom is 0.569 e. The molecule has 0 spiro atoms. The van der Waals surface area contributed by atoms with Gasteiger partial charge in [-0.15, -0.1) is 0 Å². The summed E-state index contributed by atoms with van der Waals surface area (Å²) >= 11 is 9.17. The third kappa shape index (κ3) is 10.7. The smallest absolute Gasteiger partial charge is 0.537 e. The van der Waals surface area contributed by atoms with Crippen LogP contribution in [0.5, 0.6) is 5.75 Å². The molecule has 0 saturated carbocycles. The molecule has 0 aliphatic rings. The Hall–Kier alpha value is -4.21. The molecule has 0 aromatic heterocycles. The quantitative estimate of drug-likeness (QED) is 0.138. The Morgan fingerprint density at radius 2 is 0.904 bits per heavy atom. The van der Waals surface area contributed by atoms with Gasteiger partial charge >= 0.3 is 7.69 Å². The molecule has 0 heterocycles. The fraction of sp³-hybridized carbons (Fsp3) is 0.0435. The van der Waals surface area contributed by atoms with Crippen molar-refractivity contribution in [2.24, 2.45) is 0 Å². The number of halogens is 3. The van der Waals surface area contributed by atoms with Crippen molar-refractivity contribution in [2.45, 2.75) is 14.9 Å². The fourth-order valence-electron chi connectivity index (χ4n) is 5.58. The molecule has 0 aliphatic carbocycles. The zero-order valence-corrected chi connectivity index (χ0v) is 32.2. The topological polar surface area (TPSA) is 29.5 Å². The minimum Gasteiger partial charge on any atom is -0.537 e. The Labute approximate surface area is 339 Å². The van der Waals surface area contributed by atoms with Crippen LogP contribution in [0.1, 0.15) is 14.9 Å². The van der Waals surface area contributed by atoms with E-state index in [4.69, 9.17) is 5.02 Å². The average molecular weight is 921 g/mol. The van der Waals surface area contributed by atoms with E-state index in [2.05, 4.69) is 211 Å². The van der Waals surface area contributed by atoms with Crippen LogP contribution in [-0.2, 0) is 0 Å². The SMILES string of the molecule is Brc1ccc(-c2cccc3ccc(-c4ccccc4)cc23)cc1.C.C.Ic1cccc2ccc(-c3ccccc3)cc12.O[B]Oc1ccc(Br)cc1. The molecule has 1 radical (unpaired) electrons. The first-order valence-electron chi connectivity index (χ1n) is 15.9. The summed E-state index contributed by atoms with van der Waals surface area (Å²) in [6, 6.07) is 63.0. The highest BCUT2D eigenvalue weighted by molar-refractivity contribution is 14.1. The van der Waals surface area contributed by atoms with Crippen LogP contribution in [0.2, 0.25) is 0 Å². The molecule has 8 aromatic rings. The van der Waals surface area contributed by atoms with Crippen molar-refractivity contribution in [3.63, 3.8) is 0 Å². The summed E-state index contributed by atoms with van der Waals surface area (Å²) in [4.78, 5) is 0. The summed E-state index contributed by atoms with van der Waals surface area (Å²) in [7, 11) is 0.656. The monoisotopic (exact) mass is 919 g/mol. The van der Waals surface area contributed by atoms with Gasteiger partial charge in [-0.3, -0.25) is 0 Å². The Morgan fingerprint density at radius 3 is 1.44 bits per heavy atom. The predicted molar refractivity (Wildman–Crippen MR) is 241 cm³/mol. The summed E-state index contributed by atoms with van der Waals surface area (Å²) in [6.45, 7) is 0. The van der Waals surface area contributed by atoms with Gasteiger partial charge in [-0.1, -0.05) is 174 Å². The molecule has 2 nitrogen and oxygen atoms in total. The molecule has 1 N–H and O–H groups in total. The summed E-state index contributed by atoms with van der Waals surface area (Å²) < 4.78 is 8.06. The second-order valence-corrected chi connectivity index (χ2v) is 14.3. The number of hydrogen-bond donors (Lipinski definition) is 1. The molecule has 0 fully saturated rings. The molecule has 259 valence electrons. The summed E-state index contributed by atoms with van der Waals surface area (Å²) in [5, 5.41) is 13.4. The van der Waals surface area contributed by atoms with E-state index in [0.29, 0.717) is 13.4 Å². The molecule has 8 aromatic carbocycles. The molecule has 0 bridgehead atoms. The molecule has 0 saturated heterocycles. The summed E-state index contributed by atoms with van der Waals surface area (Å²) in [6.07, 6.45) is 0. The molecule has 0 unspecified atom stereocenters. The van der Waals surface area contributed by atoms with Crippen molar-refractivity contribution < 1.29 is 9.68 Å². The first-order valence-corrected chi connectivity index (χ1v) is 18.6. The van der Waals surface area contributed by atoms with Crippen molar-refractivity contribution in [3.8, 4) is 39.1 Å². The first-order chi connectivity index (χ1) is 24.5. The lowest BCUT2D eigenvalue weighted by atomic mass is 9.95. The van der Waals surface area contributed by atoms with Gasteiger partial charge in [0.1, 0.15) is 5.75 Å². The minimum atomic E-state index is 0. The van der Waals surface area contributed by atoms with E-state index in [1.807, 2.05) is 18.2 Å². The Bertz CT molecular complexity index is 2300. The predicted octanol–water partition coefficient (Wildman–Crippen LogP) is 14.7. The first kappa shape index (κ1) is 40.6. The van der Waals surface area contributed by atoms with Gasteiger partial charge in [0.05, 0.1) is 0 Å². The Morgan fingerprint density at radius 1 is 0.442 bits per heavy atom. The maximum absolute atomic E-state index is 8.23. The number of hydrogen-bond acceptors (Lipinski definition) is 2. The summed E-state index contributed by atoms with van der Waals surface area (Å²) in [5.74, 6) is 0.616. The minimum absolute atomic E-state index is 0. The highest BCUT2D eigenvalue weighted by Crippen LogP contribution is 2.33. The summed E-state index contributed by atoms with van der Waals surface area (Å²) in [5.41, 5.74) is 7.57. The lowest BCUT2D eigenvalue weighted by Gasteiger charge is -2.10. The van der Waals surface area contributed by atoms with Crippen LogP contribution in [-0.4, -0.2) is 12.7 Å². The van der Waals surface area contributed by atoms with Gasteiger partial charge in [0.2, 0.25) is 0 Å². The molecule has 52 heavy (non-hydrogen) atoms. The van der Waals surface area contributed by atoms with Crippen molar-refractivity contribution in [3.05, 3.63) is 195 Å². The van der Waals surface area contributed by atoms with E-state index in [-0.39, 0.29) is 14.9 Å². The zero-order valence-electron chi connectivity index (χ0n) is 26.9. The molecule has 0 atom stereocenters. The van der Waals surface area contributed by atoms with E-state index >= 15 is 0 Å². The van der Waals surface area contributed by atoms with Crippen LogP contribution in [0.15, 0.2) is 191 Å². The Balaban J connectivity index is 0.000000185. The standard InChI is InChI=1S/C22H15Br.C16H11I.C6H5BBrO2.2CH4/c23-20-13-11-18(12-14-20)21-8-4-7-17-9-10-19(15-22(17)21)16-5-2-1-3-6-16;17-16-8-4-7-13-9-10-14(11-15(13)16)12-5-2-1-3-6-12;8-5-1-3-6(4-2-5)10-7-9;;/h1-15H;1-11H;1-4,9H;2*1H4. The van der Waals surface area contributed by atoms with Crippen LogP contribution in [0.4, 0.5) is 0 Å². The van der Waals surface area contributed by atoms with E-state index in [1.54, 1.807) is 12.1 Å². The third-order valence-corrected chi connectivity index (χ3v) is 10.1. The number of fused-ring (bicyclic) bond motifs is 2. The van der Waals surface area contributed by atoms with Gasteiger partial charge in [0.25, 0.3) is 0 Å². The highest BCUT2D eigenvalue weighted by Gasteiger charge is 2.06. The van der Waals surface area contributed by atoms with Gasteiger partial charge in [-0.2, -0.15) is 0 Å². The lowest BCUT2D eigenvalue weighted by Crippen LogP contribution is -1.98. The lowest BCUT2D eigenvalue weighted by molar-refractivity contribution is 0.454. The van der Waals surface area contributed by atoms with E-state index in [1.165, 1.54) is 58.5 Å². The van der Waals surface area contributed by atoms with Gasteiger partial charge in [-0.25, -0.2) is 0 Å². The third-order valence-electron chi connectivity index (χ3n) is 8.08. The van der Waals surface area contributed by atoms with E-state index in [0.717, 1.165) is 8.95 Å². The van der Waals surface area contributed by atoms with E-state index < -0.39 is 0 Å². The van der Waals surface area contributed by atoms with Gasteiger partial charge in [-0.05, 0) is 132 Å². The van der Waals surface area contributed by atoms with Crippen molar-refractivity contribution in [1.82, 2.24) is 0 Å². The van der Waals surface area contributed by atoms with Crippen LogP contribution in [0, 0.1) is 3.57 Å². The van der Waals surface area contributed by atoms with Crippen LogP contribution >= 0.6 is 54.5 Å². The van der Waals surface area contributed by atoms with Crippen molar-refractivity contribution in [1.29, 1.82) is 0 Å². The number of rotatable bonds is 5. The second kappa shape index (κ2) is 20.1. The average Bonchev–Trinajstić information content (AvgIpc) is 3.17. The van der Waals surface area contributed by atoms with Gasteiger partial charge in [0, 0.05) is 12.5 Å². The van der Waals surface area contributed by atoms with Crippen molar-refractivity contribution >= 4 is 83.7 Å². The molecular weight excluding hydrogens is 882 g/mol. The molecular formula is C46H39BBr2IO2. The molecule has 8 rings (SSSR count). The van der Waals surface area contributed by atoms with E-state index in [9.17, 15) is 0 Å². The maximum atomic E-state index is 8.23. The van der Waals surface area contributed by atoms with Crippen LogP contribution < -0.4 is 4.65 Å². The zero-order chi connectivity index (χ0) is 34.7. The van der Waals surface area contributed by atoms with Gasteiger partial charge in [0.15, 0.2) is 0 Å². The highest BCUT2D eigenvalue weighted by atomic mass is 127. The fourth-order valence-corrected chi connectivity index (χ4v) is 6.79. The van der Waals surface area contributed by atoms with Crippen molar-refractivity contribution in [2.75, 3.05) is 0 Å². The number of benzene rings is 8. The molecule has 6 heteroatoms. The van der Waals surface area contributed by atoms with Crippen LogP contribution in [0.3, 0.4) is 0 Å². The van der Waals surface area contributed by atoms with Gasteiger partial charge < -0.3 is 9.68 Å². The largest absolute Gasteiger partial charge is 0.569 e. The normalized spacial score (nSPS) is 10.0. The Kier molecular flexibility index (Phi) is 15.7. The molecule has 0 amide bonds. The van der Waals surface area contributed by atoms with Crippen LogP contribution in [0.25, 0.3) is 54.9 Å². The molecule has 0 aliphatic heterocycles.